The lowest BCUT2D eigenvalue weighted by atomic mass is 10.2. The monoisotopic (exact) mass is 288 g/mol. The number of benzene rings is 1. The number of thiophene rings is 1. The third kappa shape index (κ3) is 2.49. The number of hydrogen-bond donors (Lipinski definition) is 1. The van der Waals surface area contributed by atoms with Crippen LogP contribution >= 0.6 is 11.3 Å². The minimum absolute atomic E-state index is 0.108. The van der Waals surface area contributed by atoms with Crippen molar-refractivity contribution in [1.29, 1.82) is 0 Å². The van der Waals surface area contributed by atoms with Gasteiger partial charge in [0.1, 0.15) is 5.75 Å². The highest BCUT2D eigenvalue weighted by atomic mass is 32.1. The molecule has 1 aliphatic rings. The third-order valence-corrected chi connectivity index (χ3v) is 4.38. The largest absolute Gasteiger partial charge is 0.506 e. The molecule has 1 aliphatic heterocycles. The standard InChI is InChI=1S/C15H16N2O2S/c18-13-5-2-1-4-12(13)16-7-9-17(10-8-16)15(19)14-6-3-11-20-14/h1-6,11,18H,7-10H2. The zero-order valence-electron chi connectivity index (χ0n) is 11.0. The molecule has 20 heavy (non-hydrogen) atoms. The number of aromatic hydroxyl groups is 1. The minimum atomic E-state index is 0.108. The Morgan fingerprint density at radius 1 is 1.05 bits per heavy atom. The summed E-state index contributed by atoms with van der Waals surface area (Å²) in [6.45, 7) is 2.86. The fraction of sp³-hybridized carbons (Fsp3) is 0.267. The van der Waals surface area contributed by atoms with E-state index in [2.05, 4.69) is 4.90 Å². The van der Waals surface area contributed by atoms with Gasteiger partial charge in [-0.05, 0) is 23.6 Å². The second-order valence-corrected chi connectivity index (χ2v) is 5.69. The molecule has 1 N–H and O–H groups in total. The average Bonchev–Trinajstić information content (AvgIpc) is 3.01. The van der Waals surface area contributed by atoms with Crippen LogP contribution in [0.3, 0.4) is 0 Å². The van der Waals surface area contributed by atoms with Gasteiger partial charge in [0.15, 0.2) is 0 Å². The maximum Gasteiger partial charge on any atom is 0.264 e. The first-order valence-electron chi connectivity index (χ1n) is 6.61. The van der Waals surface area contributed by atoms with Gasteiger partial charge in [-0.3, -0.25) is 4.79 Å². The zero-order chi connectivity index (χ0) is 13.9. The van der Waals surface area contributed by atoms with Crippen molar-refractivity contribution in [1.82, 2.24) is 4.90 Å². The second-order valence-electron chi connectivity index (χ2n) is 4.75. The van der Waals surface area contributed by atoms with Gasteiger partial charge >= 0.3 is 0 Å². The van der Waals surface area contributed by atoms with Crippen LogP contribution in [0.1, 0.15) is 9.67 Å². The first-order valence-corrected chi connectivity index (χ1v) is 7.49. The predicted octanol–water partition coefficient (Wildman–Crippen LogP) is 2.42. The molecule has 104 valence electrons. The van der Waals surface area contributed by atoms with Crippen LogP contribution in [-0.2, 0) is 0 Å². The molecule has 0 spiro atoms. The van der Waals surface area contributed by atoms with Crippen molar-refractivity contribution in [3.05, 3.63) is 46.7 Å². The van der Waals surface area contributed by atoms with E-state index in [-0.39, 0.29) is 5.91 Å². The lowest BCUT2D eigenvalue weighted by Gasteiger charge is -2.36. The first-order chi connectivity index (χ1) is 9.75. The number of carbonyl (C=O) groups excluding carboxylic acids is 1. The van der Waals surface area contributed by atoms with Crippen LogP contribution in [0.2, 0.25) is 0 Å². The number of para-hydroxylation sites is 2. The van der Waals surface area contributed by atoms with Gasteiger partial charge in [-0.1, -0.05) is 18.2 Å². The fourth-order valence-electron chi connectivity index (χ4n) is 2.44. The van der Waals surface area contributed by atoms with E-state index >= 15 is 0 Å². The summed E-state index contributed by atoms with van der Waals surface area (Å²) >= 11 is 1.48. The molecule has 0 aliphatic carbocycles. The van der Waals surface area contributed by atoms with Crippen molar-refractivity contribution in [2.24, 2.45) is 0 Å². The van der Waals surface area contributed by atoms with Crippen LogP contribution in [0.25, 0.3) is 0 Å². The highest BCUT2D eigenvalue weighted by Crippen LogP contribution is 2.27. The molecule has 1 fully saturated rings. The van der Waals surface area contributed by atoms with Crippen LogP contribution in [0.4, 0.5) is 5.69 Å². The van der Waals surface area contributed by atoms with Crippen molar-refractivity contribution >= 4 is 22.9 Å². The Bertz CT molecular complexity index is 590. The lowest BCUT2D eigenvalue weighted by molar-refractivity contribution is 0.0751. The SMILES string of the molecule is O=C(c1cccs1)N1CCN(c2ccccc2O)CC1. The summed E-state index contributed by atoms with van der Waals surface area (Å²) in [6, 6.07) is 11.1. The number of phenolic OH excluding ortho intramolecular Hbond substituents is 1. The van der Waals surface area contributed by atoms with Gasteiger partial charge in [-0.15, -0.1) is 11.3 Å². The molecule has 1 aromatic heterocycles. The molecular formula is C15H16N2O2S. The Balaban J connectivity index is 1.65. The van der Waals surface area contributed by atoms with Crippen LogP contribution in [0.15, 0.2) is 41.8 Å². The molecule has 0 radical (unpaired) electrons. The molecule has 0 saturated carbocycles. The number of anilines is 1. The number of hydrogen-bond acceptors (Lipinski definition) is 4. The quantitative estimate of drug-likeness (QED) is 0.923. The molecule has 0 atom stereocenters. The summed E-state index contributed by atoms with van der Waals surface area (Å²) in [4.78, 5) is 17.0. The molecule has 2 aromatic rings. The fourth-order valence-corrected chi connectivity index (χ4v) is 3.13. The Morgan fingerprint density at radius 2 is 1.80 bits per heavy atom. The summed E-state index contributed by atoms with van der Waals surface area (Å²) in [5.41, 5.74) is 0.843. The van der Waals surface area contributed by atoms with Crippen LogP contribution in [0, 0.1) is 0 Å². The van der Waals surface area contributed by atoms with E-state index in [1.165, 1.54) is 11.3 Å². The smallest absolute Gasteiger partial charge is 0.264 e. The molecular weight excluding hydrogens is 272 g/mol. The van der Waals surface area contributed by atoms with E-state index in [0.717, 1.165) is 23.7 Å². The van der Waals surface area contributed by atoms with Gasteiger partial charge in [0.05, 0.1) is 10.6 Å². The van der Waals surface area contributed by atoms with Gasteiger partial charge in [0.25, 0.3) is 5.91 Å². The van der Waals surface area contributed by atoms with Crippen LogP contribution < -0.4 is 4.90 Å². The maximum atomic E-state index is 12.2. The Kier molecular flexibility index (Phi) is 3.60. The Hall–Kier alpha value is -2.01. The van der Waals surface area contributed by atoms with Crippen molar-refractivity contribution in [2.45, 2.75) is 0 Å². The lowest BCUT2D eigenvalue weighted by Crippen LogP contribution is -2.48. The number of amides is 1. The van der Waals surface area contributed by atoms with Gasteiger partial charge in [0.2, 0.25) is 0 Å². The summed E-state index contributed by atoms with van der Waals surface area (Å²) in [7, 11) is 0. The second kappa shape index (κ2) is 5.54. The zero-order valence-corrected chi connectivity index (χ0v) is 11.8. The molecule has 1 amide bonds. The van der Waals surface area contributed by atoms with Gasteiger partial charge in [-0.25, -0.2) is 0 Å². The van der Waals surface area contributed by atoms with E-state index < -0.39 is 0 Å². The van der Waals surface area contributed by atoms with Gasteiger partial charge in [0, 0.05) is 26.2 Å². The number of rotatable bonds is 2. The number of nitrogens with zero attached hydrogens (tertiary/aromatic N) is 2. The highest BCUT2D eigenvalue weighted by Gasteiger charge is 2.23. The van der Waals surface area contributed by atoms with E-state index in [1.807, 2.05) is 40.6 Å². The highest BCUT2D eigenvalue weighted by molar-refractivity contribution is 7.12. The summed E-state index contributed by atoms with van der Waals surface area (Å²) in [5.74, 6) is 0.405. The molecule has 5 heteroatoms. The van der Waals surface area contributed by atoms with E-state index in [9.17, 15) is 9.90 Å². The summed E-state index contributed by atoms with van der Waals surface area (Å²) < 4.78 is 0. The van der Waals surface area contributed by atoms with Crippen LogP contribution in [0.5, 0.6) is 5.75 Å². The Morgan fingerprint density at radius 3 is 2.45 bits per heavy atom. The molecule has 0 unspecified atom stereocenters. The molecule has 3 rings (SSSR count). The average molecular weight is 288 g/mol. The number of carbonyl (C=O) groups is 1. The molecule has 0 bridgehead atoms. The Labute approximate surface area is 121 Å². The molecule has 1 saturated heterocycles. The third-order valence-electron chi connectivity index (χ3n) is 3.52. The summed E-state index contributed by atoms with van der Waals surface area (Å²) in [5, 5.41) is 11.8. The van der Waals surface area contributed by atoms with E-state index in [1.54, 1.807) is 6.07 Å². The van der Waals surface area contributed by atoms with Crippen molar-refractivity contribution in [3.63, 3.8) is 0 Å². The first kappa shape index (κ1) is 13.0. The number of phenols is 1. The minimum Gasteiger partial charge on any atom is -0.506 e. The van der Waals surface area contributed by atoms with Gasteiger partial charge < -0.3 is 14.9 Å². The van der Waals surface area contributed by atoms with Crippen LogP contribution in [-0.4, -0.2) is 42.1 Å². The molecule has 1 aromatic carbocycles. The van der Waals surface area contributed by atoms with Gasteiger partial charge in [-0.2, -0.15) is 0 Å². The molecule has 2 heterocycles. The normalized spacial score (nSPS) is 15.4. The van der Waals surface area contributed by atoms with E-state index in [4.69, 9.17) is 0 Å². The van der Waals surface area contributed by atoms with Crippen molar-refractivity contribution in [2.75, 3.05) is 31.1 Å². The maximum absolute atomic E-state index is 12.2. The molecule has 4 nitrogen and oxygen atoms in total. The number of piperazine rings is 1. The van der Waals surface area contributed by atoms with E-state index in [0.29, 0.717) is 18.8 Å². The summed E-state index contributed by atoms with van der Waals surface area (Å²) in [6.07, 6.45) is 0. The van der Waals surface area contributed by atoms with Crippen molar-refractivity contribution in [3.8, 4) is 5.75 Å². The van der Waals surface area contributed by atoms with Crippen molar-refractivity contribution < 1.29 is 9.90 Å². The topological polar surface area (TPSA) is 43.8 Å². The predicted molar refractivity (Wildman–Crippen MR) is 80.5 cm³/mol.